The van der Waals surface area contributed by atoms with Gasteiger partial charge >= 0.3 is 0 Å². The first kappa shape index (κ1) is 15.7. The number of aromatic nitrogens is 4. The number of hydrogen-bond donors (Lipinski definition) is 0. The SMILES string of the molecule is C[C@H](C(=O)N1CCCN(Cc2cnn(C)c2)CC1)n1cccn1. The summed E-state index contributed by atoms with van der Waals surface area (Å²) in [6.07, 6.45) is 8.51. The van der Waals surface area contributed by atoms with Crippen LogP contribution in [-0.4, -0.2) is 61.4 Å². The van der Waals surface area contributed by atoms with Crippen molar-refractivity contribution >= 4 is 5.91 Å². The smallest absolute Gasteiger partial charge is 0.247 e. The lowest BCUT2D eigenvalue weighted by Gasteiger charge is -2.24. The third kappa shape index (κ3) is 3.79. The monoisotopic (exact) mass is 316 g/mol. The van der Waals surface area contributed by atoms with Gasteiger partial charge in [0.25, 0.3) is 0 Å². The highest BCUT2D eigenvalue weighted by Gasteiger charge is 2.24. The Morgan fingerprint density at radius 1 is 1.26 bits per heavy atom. The molecule has 1 saturated heterocycles. The number of rotatable bonds is 4. The Bertz CT molecular complexity index is 635. The summed E-state index contributed by atoms with van der Waals surface area (Å²) < 4.78 is 3.55. The van der Waals surface area contributed by atoms with E-state index in [1.807, 2.05) is 48.2 Å². The van der Waals surface area contributed by atoms with Crippen molar-refractivity contribution in [2.24, 2.45) is 7.05 Å². The minimum absolute atomic E-state index is 0.150. The zero-order valence-corrected chi connectivity index (χ0v) is 13.8. The summed E-state index contributed by atoms with van der Waals surface area (Å²) >= 11 is 0. The van der Waals surface area contributed by atoms with E-state index in [9.17, 15) is 4.79 Å². The summed E-state index contributed by atoms with van der Waals surface area (Å²) in [4.78, 5) is 17.0. The summed E-state index contributed by atoms with van der Waals surface area (Å²) in [5, 5.41) is 8.39. The molecule has 0 unspecified atom stereocenters. The van der Waals surface area contributed by atoms with Gasteiger partial charge in [-0.05, 0) is 19.4 Å². The molecule has 0 N–H and O–H groups in total. The molecule has 1 amide bonds. The molecule has 124 valence electrons. The average molecular weight is 316 g/mol. The van der Waals surface area contributed by atoms with Crippen molar-refractivity contribution in [1.82, 2.24) is 29.4 Å². The normalized spacial score (nSPS) is 17.9. The van der Waals surface area contributed by atoms with E-state index in [1.54, 1.807) is 10.9 Å². The molecule has 3 rings (SSSR count). The predicted octanol–water partition coefficient (Wildman–Crippen LogP) is 0.912. The maximum Gasteiger partial charge on any atom is 0.247 e. The van der Waals surface area contributed by atoms with E-state index in [0.717, 1.165) is 39.1 Å². The number of carbonyl (C=O) groups excluding carboxylic acids is 1. The molecule has 3 heterocycles. The molecule has 1 fully saturated rings. The van der Waals surface area contributed by atoms with Gasteiger partial charge in [0.05, 0.1) is 6.20 Å². The predicted molar refractivity (Wildman–Crippen MR) is 86.6 cm³/mol. The second kappa shape index (κ2) is 6.95. The van der Waals surface area contributed by atoms with E-state index in [2.05, 4.69) is 15.1 Å². The first-order chi connectivity index (χ1) is 11.1. The van der Waals surface area contributed by atoms with Gasteiger partial charge in [-0.15, -0.1) is 0 Å². The van der Waals surface area contributed by atoms with Crippen molar-refractivity contribution in [1.29, 1.82) is 0 Å². The standard InChI is InChI=1S/C16H24N6O/c1-14(22-8-3-5-17-22)16(23)21-7-4-6-20(9-10-21)13-15-11-18-19(2)12-15/h3,5,8,11-12,14H,4,6-7,9-10,13H2,1-2H3/t14-/m1/s1. The Hall–Kier alpha value is -2.15. The highest BCUT2D eigenvalue weighted by Crippen LogP contribution is 2.13. The van der Waals surface area contributed by atoms with E-state index >= 15 is 0 Å². The topological polar surface area (TPSA) is 59.2 Å². The first-order valence-corrected chi connectivity index (χ1v) is 8.11. The van der Waals surface area contributed by atoms with Crippen molar-refractivity contribution in [3.63, 3.8) is 0 Å². The molecule has 1 aliphatic heterocycles. The van der Waals surface area contributed by atoms with Gasteiger partial charge in [-0.1, -0.05) is 0 Å². The lowest BCUT2D eigenvalue weighted by Crippen LogP contribution is -2.39. The number of carbonyl (C=O) groups is 1. The van der Waals surface area contributed by atoms with Crippen LogP contribution < -0.4 is 0 Å². The minimum atomic E-state index is -0.241. The molecule has 0 aromatic carbocycles. The van der Waals surface area contributed by atoms with Crippen LogP contribution in [0.25, 0.3) is 0 Å². The zero-order chi connectivity index (χ0) is 16.2. The maximum atomic E-state index is 12.7. The van der Waals surface area contributed by atoms with Gasteiger partial charge in [0.1, 0.15) is 6.04 Å². The molecule has 0 spiro atoms. The molecule has 1 atom stereocenters. The summed E-state index contributed by atoms with van der Waals surface area (Å²) in [7, 11) is 1.93. The van der Waals surface area contributed by atoms with Crippen molar-refractivity contribution in [3.05, 3.63) is 36.4 Å². The molecule has 7 nitrogen and oxygen atoms in total. The van der Waals surface area contributed by atoms with Crippen LogP contribution in [0.5, 0.6) is 0 Å². The van der Waals surface area contributed by atoms with E-state index < -0.39 is 0 Å². The third-order valence-corrected chi connectivity index (χ3v) is 4.34. The second-order valence-corrected chi connectivity index (χ2v) is 6.14. The van der Waals surface area contributed by atoms with Crippen molar-refractivity contribution in [2.75, 3.05) is 26.2 Å². The fraction of sp³-hybridized carbons (Fsp3) is 0.562. The molecule has 0 aliphatic carbocycles. The van der Waals surface area contributed by atoms with Crippen LogP contribution in [0.2, 0.25) is 0 Å². The molecule has 7 heteroatoms. The Morgan fingerprint density at radius 3 is 2.83 bits per heavy atom. The average Bonchev–Trinajstić information content (AvgIpc) is 3.15. The van der Waals surface area contributed by atoms with Crippen LogP contribution in [0.3, 0.4) is 0 Å². The van der Waals surface area contributed by atoms with Gasteiger partial charge in [-0.25, -0.2) is 0 Å². The van der Waals surface area contributed by atoms with E-state index in [4.69, 9.17) is 0 Å². The van der Waals surface area contributed by atoms with Crippen LogP contribution in [-0.2, 0) is 18.4 Å². The zero-order valence-electron chi connectivity index (χ0n) is 13.8. The molecule has 2 aromatic rings. The Balaban J connectivity index is 1.56. The molecular weight excluding hydrogens is 292 g/mol. The Morgan fingerprint density at radius 2 is 2.13 bits per heavy atom. The summed E-state index contributed by atoms with van der Waals surface area (Å²) in [5.41, 5.74) is 1.22. The van der Waals surface area contributed by atoms with Crippen LogP contribution in [0.4, 0.5) is 0 Å². The van der Waals surface area contributed by atoms with Crippen LogP contribution in [0, 0.1) is 0 Å². The van der Waals surface area contributed by atoms with E-state index in [1.165, 1.54) is 5.56 Å². The molecular formula is C16H24N6O. The molecule has 0 bridgehead atoms. The second-order valence-electron chi connectivity index (χ2n) is 6.14. The maximum absolute atomic E-state index is 12.7. The lowest BCUT2D eigenvalue weighted by molar-refractivity contribution is -0.134. The van der Waals surface area contributed by atoms with Gasteiger partial charge in [-0.3, -0.25) is 19.1 Å². The van der Waals surface area contributed by atoms with E-state index in [-0.39, 0.29) is 11.9 Å². The van der Waals surface area contributed by atoms with Gasteiger partial charge in [-0.2, -0.15) is 10.2 Å². The molecule has 2 aromatic heterocycles. The molecule has 1 aliphatic rings. The molecule has 23 heavy (non-hydrogen) atoms. The Labute approximate surface area is 136 Å². The van der Waals surface area contributed by atoms with Gasteiger partial charge in [0.2, 0.25) is 5.91 Å². The van der Waals surface area contributed by atoms with Gasteiger partial charge in [0, 0.05) is 63.9 Å². The summed E-state index contributed by atoms with van der Waals surface area (Å²) in [6, 6.07) is 1.61. The number of aryl methyl sites for hydroxylation is 1. The highest BCUT2D eigenvalue weighted by molar-refractivity contribution is 5.80. The molecule has 0 saturated carbocycles. The molecule has 0 radical (unpaired) electrons. The fourth-order valence-electron chi connectivity index (χ4n) is 3.05. The van der Waals surface area contributed by atoms with Gasteiger partial charge < -0.3 is 4.90 Å². The van der Waals surface area contributed by atoms with Crippen LogP contribution in [0.1, 0.15) is 24.9 Å². The van der Waals surface area contributed by atoms with Gasteiger partial charge in [0.15, 0.2) is 0 Å². The van der Waals surface area contributed by atoms with Crippen LogP contribution in [0.15, 0.2) is 30.9 Å². The largest absolute Gasteiger partial charge is 0.340 e. The fourth-order valence-corrected chi connectivity index (χ4v) is 3.05. The Kier molecular flexibility index (Phi) is 4.76. The quantitative estimate of drug-likeness (QED) is 0.841. The minimum Gasteiger partial charge on any atom is -0.340 e. The van der Waals surface area contributed by atoms with E-state index in [0.29, 0.717) is 0 Å². The van der Waals surface area contributed by atoms with Crippen molar-refractivity contribution in [3.8, 4) is 0 Å². The number of hydrogen-bond acceptors (Lipinski definition) is 4. The van der Waals surface area contributed by atoms with Crippen molar-refractivity contribution in [2.45, 2.75) is 25.9 Å². The summed E-state index contributed by atoms with van der Waals surface area (Å²) in [6.45, 7) is 6.29. The number of nitrogens with zero attached hydrogens (tertiary/aromatic N) is 6. The first-order valence-electron chi connectivity index (χ1n) is 8.11. The third-order valence-electron chi connectivity index (χ3n) is 4.34. The lowest BCUT2D eigenvalue weighted by atomic mass is 10.2. The van der Waals surface area contributed by atoms with Crippen LogP contribution >= 0.6 is 0 Å². The highest BCUT2D eigenvalue weighted by atomic mass is 16.2. The number of amides is 1. The summed E-state index contributed by atoms with van der Waals surface area (Å²) in [5.74, 6) is 0.150. The van der Waals surface area contributed by atoms with Crippen molar-refractivity contribution < 1.29 is 4.79 Å².